The number of hydrogen-bond donors (Lipinski definition) is 1. The molecule has 3 heteroatoms. The number of allylic oxidation sites excluding steroid dienone is 1. The first-order valence-electron chi connectivity index (χ1n) is 3.43. The smallest absolute Gasteiger partial charge is 0.136 e. The maximum Gasteiger partial charge on any atom is 0.136 e. The van der Waals surface area contributed by atoms with Gasteiger partial charge in [0.1, 0.15) is 11.6 Å². The molecule has 0 aliphatic rings. The fourth-order valence-electron chi connectivity index (χ4n) is 0.922. The average molecular weight is 231 g/mol. The summed E-state index contributed by atoms with van der Waals surface area (Å²) in [6.45, 7) is 3.47. The lowest BCUT2D eigenvalue weighted by Gasteiger charge is -2.04. The molecule has 0 radical (unpaired) electrons. The molecule has 1 aromatic rings. The molecule has 0 aromatic heterocycles. The van der Waals surface area contributed by atoms with Gasteiger partial charge in [-0.2, -0.15) is 0 Å². The number of rotatable bonds is 2. The van der Waals surface area contributed by atoms with Crippen molar-refractivity contribution in [3.05, 3.63) is 40.6 Å². The molecule has 0 aliphatic carbocycles. The van der Waals surface area contributed by atoms with Gasteiger partial charge >= 0.3 is 0 Å². The van der Waals surface area contributed by atoms with Crippen LogP contribution in [0.15, 0.2) is 29.3 Å². The fraction of sp³-hybridized carbons (Fsp3) is 0.111. The summed E-state index contributed by atoms with van der Waals surface area (Å²) in [7, 11) is 0. The Kier molecular flexibility index (Phi) is 2.87. The fourth-order valence-corrected chi connectivity index (χ4v) is 1.29. The lowest BCUT2D eigenvalue weighted by atomic mass is 10.1. The molecule has 0 aliphatic heterocycles. The first-order chi connectivity index (χ1) is 5.66. The maximum absolute atomic E-state index is 13.0. The van der Waals surface area contributed by atoms with Crippen LogP contribution in [0.25, 0.3) is 0 Å². The topological polar surface area (TPSA) is 20.2 Å². The monoisotopic (exact) mass is 230 g/mol. The third-order valence-corrected chi connectivity index (χ3v) is 2.16. The van der Waals surface area contributed by atoms with Crippen molar-refractivity contribution in [2.45, 2.75) is 6.42 Å². The third-order valence-electron chi connectivity index (χ3n) is 1.52. The molecule has 0 saturated heterocycles. The van der Waals surface area contributed by atoms with Crippen LogP contribution >= 0.6 is 15.9 Å². The van der Waals surface area contributed by atoms with E-state index in [1.807, 2.05) is 0 Å². The molecule has 0 spiro atoms. The predicted octanol–water partition coefficient (Wildman–Crippen LogP) is 3.02. The van der Waals surface area contributed by atoms with Gasteiger partial charge in [-0.3, -0.25) is 0 Å². The van der Waals surface area contributed by atoms with Crippen LogP contribution in [-0.2, 0) is 6.42 Å². The quantitative estimate of drug-likeness (QED) is 0.775. The molecule has 0 unspecified atom stereocenters. The SMILES string of the molecule is C=CCc1c(F)ccc(Br)c1O. The standard InChI is InChI=1S/C9H8BrFO/c1-2-3-6-8(11)5-4-7(10)9(6)12/h2,4-5,12H,1,3H2. The first kappa shape index (κ1) is 9.26. The second kappa shape index (κ2) is 3.72. The van der Waals surface area contributed by atoms with E-state index in [0.29, 0.717) is 10.9 Å². The van der Waals surface area contributed by atoms with Gasteiger partial charge < -0.3 is 5.11 Å². The predicted molar refractivity (Wildman–Crippen MR) is 49.7 cm³/mol. The summed E-state index contributed by atoms with van der Waals surface area (Å²) in [6, 6.07) is 2.78. The Labute approximate surface area is 78.7 Å². The summed E-state index contributed by atoms with van der Waals surface area (Å²) in [5.74, 6) is -0.453. The van der Waals surface area contributed by atoms with Crippen LogP contribution in [0.5, 0.6) is 5.75 Å². The average Bonchev–Trinajstić information content (AvgIpc) is 2.06. The van der Waals surface area contributed by atoms with Crippen LogP contribution in [0.1, 0.15) is 5.56 Å². The number of phenols is 1. The minimum Gasteiger partial charge on any atom is -0.506 e. The summed E-state index contributed by atoms with van der Waals surface area (Å²) < 4.78 is 13.5. The molecular weight excluding hydrogens is 223 g/mol. The van der Waals surface area contributed by atoms with E-state index in [4.69, 9.17) is 0 Å². The number of halogens is 2. The van der Waals surface area contributed by atoms with E-state index in [1.54, 1.807) is 6.08 Å². The second-order valence-corrected chi connectivity index (χ2v) is 3.20. The summed E-state index contributed by atoms with van der Waals surface area (Å²) in [6.07, 6.45) is 1.88. The number of phenolic OH excluding ortho intramolecular Hbond substituents is 1. The minimum atomic E-state index is -0.407. The van der Waals surface area contributed by atoms with Crippen LogP contribution in [0.4, 0.5) is 4.39 Å². The van der Waals surface area contributed by atoms with E-state index in [1.165, 1.54) is 12.1 Å². The van der Waals surface area contributed by atoms with E-state index >= 15 is 0 Å². The maximum atomic E-state index is 13.0. The molecule has 0 amide bonds. The zero-order chi connectivity index (χ0) is 9.14. The van der Waals surface area contributed by atoms with Gasteiger partial charge in [-0.1, -0.05) is 6.08 Å². The van der Waals surface area contributed by atoms with Gasteiger partial charge in [0, 0.05) is 5.56 Å². The Morgan fingerprint density at radius 2 is 2.25 bits per heavy atom. The molecule has 0 heterocycles. The Bertz CT molecular complexity index is 310. The van der Waals surface area contributed by atoms with Gasteiger partial charge in [-0.25, -0.2) is 4.39 Å². The summed E-state index contributed by atoms with van der Waals surface area (Å²) >= 11 is 3.10. The lowest BCUT2D eigenvalue weighted by Crippen LogP contribution is -1.89. The second-order valence-electron chi connectivity index (χ2n) is 2.35. The molecule has 0 atom stereocenters. The van der Waals surface area contributed by atoms with Crippen molar-refractivity contribution in [2.24, 2.45) is 0 Å². The van der Waals surface area contributed by atoms with E-state index in [-0.39, 0.29) is 11.3 Å². The Morgan fingerprint density at radius 3 is 2.83 bits per heavy atom. The molecule has 1 aromatic carbocycles. The molecule has 0 saturated carbocycles. The molecular formula is C9H8BrFO. The highest BCUT2D eigenvalue weighted by molar-refractivity contribution is 9.10. The minimum absolute atomic E-state index is 0.0464. The van der Waals surface area contributed by atoms with E-state index < -0.39 is 5.82 Å². The van der Waals surface area contributed by atoms with Crippen molar-refractivity contribution in [1.29, 1.82) is 0 Å². The van der Waals surface area contributed by atoms with Gasteiger partial charge in [0.15, 0.2) is 0 Å². The number of hydrogen-bond acceptors (Lipinski definition) is 1. The van der Waals surface area contributed by atoms with Crippen LogP contribution < -0.4 is 0 Å². The Hall–Kier alpha value is -0.830. The summed E-state index contributed by atoms with van der Waals surface area (Å²) in [5.41, 5.74) is 0.277. The van der Waals surface area contributed by atoms with Gasteiger partial charge in [-0.15, -0.1) is 6.58 Å². The van der Waals surface area contributed by atoms with Crippen molar-refractivity contribution in [3.8, 4) is 5.75 Å². The van der Waals surface area contributed by atoms with Crippen LogP contribution in [0.2, 0.25) is 0 Å². The summed E-state index contributed by atoms with van der Waals surface area (Å²) in [5, 5.41) is 9.37. The van der Waals surface area contributed by atoms with E-state index in [9.17, 15) is 9.50 Å². The third kappa shape index (κ3) is 1.67. The zero-order valence-electron chi connectivity index (χ0n) is 6.35. The highest BCUT2D eigenvalue weighted by Crippen LogP contribution is 2.29. The Balaban J connectivity index is 3.22. The van der Waals surface area contributed by atoms with Crippen LogP contribution in [0, 0.1) is 5.82 Å². The highest BCUT2D eigenvalue weighted by Gasteiger charge is 2.08. The van der Waals surface area contributed by atoms with Crippen molar-refractivity contribution in [3.63, 3.8) is 0 Å². The Morgan fingerprint density at radius 1 is 1.58 bits per heavy atom. The van der Waals surface area contributed by atoms with Crippen molar-refractivity contribution in [1.82, 2.24) is 0 Å². The van der Waals surface area contributed by atoms with Crippen LogP contribution in [-0.4, -0.2) is 5.11 Å². The lowest BCUT2D eigenvalue weighted by molar-refractivity contribution is 0.457. The van der Waals surface area contributed by atoms with Gasteiger partial charge in [0.2, 0.25) is 0 Å². The molecule has 1 N–H and O–H groups in total. The summed E-state index contributed by atoms with van der Waals surface area (Å²) in [4.78, 5) is 0. The van der Waals surface area contributed by atoms with Gasteiger partial charge in [0.05, 0.1) is 4.47 Å². The molecule has 1 nitrogen and oxygen atoms in total. The normalized spacial score (nSPS) is 9.83. The molecule has 1 rings (SSSR count). The van der Waals surface area contributed by atoms with Gasteiger partial charge in [-0.05, 0) is 34.5 Å². The van der Waals surface area contributed by atoms with Crippen molar-refractivity contribution < 1.29 is 9.50 Å². The number of benzene rings is 1. The first-order valence-corrected chi connectivity index (χ1v) is 4.23. The van der Waals surface area contributed by atoms with Gasteiger partial charge in [0.25, 0.3) is 0 Å². The van der Waals surface area contributed by atoms with Crippen molar-refractivity contribution in [2.75, 3.05) is 0 Å². The van der Waals surface area contributed by atoms with E-state index in [2.05, 4.69) is 22.5 Å². The largest absolute Gasteiger partial charge is 0.506 e. The van der Waals surface area contributed by atoms with Crippen LogP contribution in [0.3, 0.4) is 0 Å². The van der Waals surface area contributed by atoms with E-state index in [0.717, 1.165) is 0 Å². The molecule has 64 valence electrons. The zero-order valence-corrected chi connectivity index (χ0v) is 7.94. The molecule has 12 heavy (non-hydrogen) atoms. The molecule has 0 bridgehead atoms. The number of aromatic hydroxyl groups is 1. The molecule has 0 fully saturated rings. The highest BCUT2D eigenvalue weighted by atomic mass is 79.9. The van der Waals surface area contributed by atoms with Crippen molar-refractivity contribution >= 4 is 15.9 Å².